The van der Waals surface area contributed by atoms with Crippen molar-refractivity contribution in [1.29, 1.82) is 0 Å². The lowest BCUT2D eigenvalue weighted by Gasteiger charge is -2.21. The van der Waals surface area contributed by atoms with Crippen LogP contribution in [-0.4, -0.2) is 29.9 Å². The quantitative estimate of drug-likeness (QED) is 0.680. The lowest BCUT2D eigenvalue weighted by Crippen LogP contribution is -2.39. The third kappa shape index (κ3) is 3.74. The molecule has 1 rings (SSSR count). The molecule has 6 nitrogen and oxygen atoms in total. The number of amides is 2. The summed E-state index contributed by atoms with van der Waals surface area (Å²) in [4.78, 5) is 26.9. The largest absolute Gasteiger partial charge is 0.368 e. The summed E-state index contributed by atoms with van der Waals surface area (Å²) in [6.07, 6.45) is 1.46. The van der Waals surface area contributed by atoms with Crippen molar-refractivity contribution in [2.24, 2.45) is 11.5 Å². The van der Waals surface area contributed by atoms with Crippen molar-refractivity contribution in [3.63, 3.8) is 0 Å². The van der Waals surface area contributed by atoms with Crippen molar-refractivity contribution in [3.8, 4) is 0 Å². The molecule has 0 aliphatic carbocycles. The van der Waals surface area contributed by atoms with Crippen LogP contribution in [0.1, 0.15) is 0 Å². The van der Waals surface area contributed by atoms with E-state index in [1.54, 1.807) is 6.07 Å². The maximum Gasteiger partial charge on any atom is 0.236 e. The summed E-state index contributed by atoms with van der Waals surface area (Å²) in [5.74, 6) is -1.12. The lowest BCUT2D eigenvalue weighted by molar-refractivity contribution is -0.117. The monoisotopic (exact) mass is 242 g/mol. The molecule has 0 saturated carbocycles. The highest BCUT2D eigenvalue weighted by Gasteiger charge is 2.12. The number of hydrogen-bond donors (Lipinski definition) is 2. The van der Waals surface area contributed by atoms with Gasteiger partial charge in [-0.25, -0.2) is 4.98 Å². The number of nitrogens with zero attached hydrogens (tertiary/aromatic N) is 2. The molecular weight excluding hydrogens is 232 g/mol. The van der Waals surface area contributed by atoms with Gasteiger partial charge < -0.3 is 16.4 Å². The first kappa shape index (κ1) is 12.3. The first-order valence-corrected chi connectivity index (χ1v) is 4.80. The van der Waals surface area contributed by atoms with Crippen LogP contribution in [0.5, 0.6) is 0 Å². The number of pyridine rings is 1. The van der Waals surface area contributed by atoms with Crippen LogP contribution in [0.25, 0.3) is 0 Å². The Morgan fingerprint density at radius 3 is 2.31 bits per heavy atom. The van der Waals surface area contributed by atoms with Gasteiger partial charge in [0.05, 0.1) is 13.1 Å². The summed E-state index contributed by atoms with van der Waals surface area (Å²) in [5.41, 5.74) is 10.7. The highest BCUT2D eigenvalue weighted by atomic mass is 35.5. The average molecular weight is 243 g/mol. The molecule has 0 aliphatic heterocycles. The molecule has 0 saturated heterocycles. The molecule has 0 aliphatic rings. The number of hydrogen-bond acceptors (Lipinski definition) is 4. The summed E-state index contributed by atoms with van der Waals surface area (Å²) in [5, 5.41) is 0.261. The van der Waals surface area contributed by atoms with Gasteiger partial charge in [0.2, 0.25) is 11.8 Å². The number of aromatic nitrogens is 1. The third-order valence-electron chi connectivity index (χ3n) is 1.77. The fourth-order valence-corrected chi connectivity index (χ4v) is 1.37. The Bertz CT molecular complexity index is 394. The van der Waals surface area contributed by atoms with E-state index in [9.17, 15) is 9.59 Å². The van der Waals surface area contributed by atoms with Gasteiger partial charge in [-0.05, 0) is 12.1 Å². The van der Waals surface area contributed by atoms with E-state index in [1.807, 2.05) is 0 Å². The van der Waals surface area contributed by atoms with E-state index in [4.69, 9.17) is 23.1 Å². The molecule has 0 atom stereocenters. The number of primary amides is 2. The molecule has 1 aromatic rings. The maximum atomic E-state index is 10.8. The minimum Gasteiger partial charge on any atom is -0.368 e. The van der Waals surface area contributed by atoms with Crippen LogP contribution in [0.15, 0.2) is 18.3 Å². The summed E-state index contributed by atoms with van der Waals surface area (Å²) in [7, 11) is 0. The Morgan fingerprint density at radius 2 is 1.88 bits per heavy atom. The van der Waals surface area contributed by atoms with Gasteiger partial charge in [-0.1, -0.05) is 11.6 Å². The molecule has 0 fully saturated rings. The molecule has 0 aromatic carbocycles. The Balaban J connectivity index is 2.90. The average Bonchev–Trinajstić information content (AvgIpc) is 2.15. The van der Waals surface area contributed by atoms with E-state index in [2.05, 4.69) is 4.98 Å². The summed E-state index contributed by atoms with van der Waals surface area (Å²) >= 11 is 5.69. The Kier molecular flexibility index (Phi) is 4.07. The molecule has 86 valence electrons. The molecule has 0 bridgehead atoms. The van der Waals surface area contributed by atoms with E-state index in [0.29, 0.717) is 5.69 Å². The first-order valence-electron chi connectivity index (χ1n) is 4.42. The van der Waals surface area contributed by atoms with Crippen LogP contribution in [0.4, 0.5) is 5.69 Å². The van der Waals surface area contributed by atoms with Crippen molar-refractivity contribution in [1.82, 2.24) is 4.98 Å². The molecule has 0 radical (unpaired) electrons. The fraction of sp³-hybridized carbons (Fsp3) is 0.222. The maximum absolute atomic E-state index is 10.8. The summed E-state index contributed by atoms with van der Waals surface area (Å²) in [6, 6.07) is 3.13. The zero-order valence-corrected chi connectivity index (χ0v) is 9.15. The van der Waals surface area contributed by atoms with E-state index >= 15 is 0 Å². The normalized spacial score (nSPS) is 9.81. The van der Waals surface area contributed by atoms with Gasteiger partial charge in [-0.2, -0.15) is 0 Å². The standard InChI is InChI=1S/C9H11ClN4O2/c10-7-3-6(1-2-13-7)14(4-8(11)15)5-9(12)16/h1-3H,4-5H2,(H2,11,15)(H2,12,16). The predicted molar refractivity (Wildman–Crippen MR) is 59.8 cm³/mol. The summed E-state index contributed by atoms with van der Waals surface area (Å²) < 4.78 is 0. The Hall–Kier alpha value is -1.82. The minimum atomic E-state index is -0.561. The Morgan fingerprint density at radius 1 is 1.31 bits per heavy atom. The molecule has 16 heavy (non-hydrogen) atoms. The first-order chi connectivity index (χ1) is 7.49. The molecular formula is C9H11ClN4O2. The van der Waals surface area contributed by atoms with Crippen LogP contribution in [-0.2, 0) is 9.59 Å². The predicted octanol–water partition coefficient (Wildman–Crippen LogP) is -0.488. The van der Waals surface area contributed by atoms with Gasteiger partial charge in [0.1, 0.15) is 5.15 Å². The van der Waals surface area contributed by atoms with Crippen molar-refractivity contribution in [2.75, 3.05) is 18.0 Å². The number of nitrogens with two attached hydrogens (primary N) is 2. The smallest absolute Gasteiger partial charge is 0.236 e. The van der Waals surface area contributed by atoms with Crippen LogP contribution < -0.4 is 16.4 Å². The van der Waals surface area contributed by atoms with Gasteiger partial charge in [0.15, 0.2) is 0 Å². The molecule has 4 N–H and O–H groups in total. The second-order valence-electron chi connectivity index (χ2n) is 3.13. The number of carbonyl (C=O) groups excluding carboxylic acids is 2. The minimum absolute atomic E-state index is 0.108. The van der Waals surface area contributed by atoms with Gasteiger partial charge >= 0.3 is 0 Å². The van der Waals surface area contributed by atoms with Gasteiger partial charge in [-0.3, -0.25) is 9.59 Å². The zero-order valence-electron chi connectivity index (χ0n) is 8.39. The SMILES string of the molecule is NC(=O)CN(CC(N)=O)c1ccnc(Cl)c1. The molecule has 1 aromatic heterocycles. The second-order valence-corrected chi connectivity index (χ2v) is 3.51. The molecule has 1 heterocycles. The fourth-order valence-electron chi connectivity index (χ4n) is 1.20. The molecule has 0 unspecified atom stereocenters. The number of anilines is 1. The molecule has 2 amide bonds. The number of halogens is 1. The molecule has 0 spiro atoms. The highest BCUT2D eigenvalue weighted by molar-refractivity contribution is 6.29. The van der Waals surface area contributed by atoms with Gasteiger partial charge in [0, 0.05) is 11.9 Å². The Labute approximate surface area is 97.2 Å². The van der Waals surface area contributed by atoms with Crippen molar-refractivity contribution < 1.29 is 9.59 Å². The topological polar surface area (TPSA) is 102 Å². The van der Waals surface area contributed by atoms with Crippen molar-refractivity contribution in [2.45, 2.75) is 0 Å². The van der Waals surface area contributed by atoms with Crippen molar-refractivity contribution in [3.05, 3.63) is 23.5 Å². The summed E-state index contributed by atoms with van der Waals surface area (Å²) in [6.45, 7) is -0.216. The van der Waals surface area contributed by atoms with E-state index < -0.39 is 11.8 Å². The highest BCUT2D eigenvalue weighted by Crippen LogP contribution is 2.16. The number of carbonyl (C=O) groups is 2. The second kappa shape index (κ2) is 5.32. The zero-order chi connectivity index (χ0) is 12.1. The lowest BCUT2D eigenvalue weighted by atomic mass is 10.3. The van der Waals surface area contributed by atoms with Crippen molar-refractivity contribution >= 4 is 29.1 Å². The third-order valence-corrected chi connectivity index (χ3v) is 1.98. The number of rotatable bonds is 5. The van der Waals surface area contributed by atoms with E-state index in [1.165, 1.54) is 17.2 Å². The van der Waals surface area contributed by atoms with E-state index in [0.717, 1.165) is 0 Å². The van der Waals surface area contributed by atoms with Crippen LogP contribution >= 0.6 is 11.6 Å². The van der Waals surface area contributed by atoms with Gasteiger partial charge in [0.25, 0.3) is 0 Å². The van der Waals surface area contributed by atoms with E-state index in [-0.39, 0.29) is 18.2 Å². The van der Waals surface area contributed by atoms with Crippen LogP contribution in [0.3, 0.4) is 0 Å². The van der Waals surface area contributed by atoms with Gasteiger partial charge in [-0.15, -0.1) is 0 Å². The van der Waals surface area contributed by atoms with Crippen LogP contribution in [0, 0.1) is 0 Å². The molecule has 7 heteroatoms. The van der Waals surface area contributed by atoms with Crippen LogP contribution in [0.2, 0.25) is 5.15 Å².